The van der Waals surface area contributed by atoms with Crippen LogP contribution in [0, 0.1) is 11.6 Å². The number of rotatable bonds is 5. The van der Waals surface area contributed by atoms with E-state index in [1.807, 2.05) is 0 Å². The lowest BCUT2D eigenvalue weighted by Crippen LogP contribution is -2.23. The molecule has 6 nitrogen and oxygen atoms in total. The van der Waals surface area contributed by atoms with Crippen molar-refractivity contribution in [1.82, 2.24) is 9.78 Å². The Hall–Kier alpha value is -3.42. The second-order valence-corrected chi connectivity index (χ2v) is 5.81. The summed E-state index contributed by atoms with van der Waals surface area (Å²) in [5, 5.41) is 4.96. The van der Waals surface area contributed by atoms with Gasteiger partial charge >= 0.3 is 5.97 Å². The van der Waals surface area contributed by atoms with Crippen LogP contribution in [0.5, 0.6) is 0 Å². The van der Waals surface area contributed by atoms with Gasteiger partial charge in [-0.1, -0.05) is 18.2 Å². The first-order valence-corrected chi connectivity index (χ1v) is 7.95. The van der Waals surface area contributed by atoms with Gasteiger partial charge in [0.05, 0.1) is 23.1 Å². The summed E-state index contributed by atoms with van der Waals surface area (Å²) in [6, 6.07) is 9.11. The minimum absolute atomic E-state index is 0.284. The summed E-state index contributed by atoms with van der Waals surface area (Å²) in [5.74, 6) is -3.31. The number of Topliss-reactive ketones (excluding diaryl/α,β-unsaturated/α-hetero) is 1. The third-order valence-electron chi connectivity index (χ3n) is 3.94. The van der Waals surface area contributed by atoms with Crippen LogP contribution in [0.3, 0.4) is 0 Å². The molecule has 27 heavy (non-hydrogen) atoms. The van der Waals surface area contributed by atoms with Gasteiger partial charge in [0.2, 0.25) is 5.78 Å². The number of benzene rings is 2. The molecule has 0 aliphatic heterocycles. The number of esters is 1. The van der Waals surface area contributed by atoms with Crippen LogP contribution in [0.25, 0.3) is 10.8 Å². The maximum atomic E-state index is 13.6. The maximum absolute atomic E-state index is 13.6. The predicted octanol–water partition coefficient (Wildman–Crippen LogP) is 2.18. The van der Waals surface area contributed by atoms with Gasteiger partial charge in [-0.3, -0.25) is 14.4 Å². The molecule has 0 amide bonds. The van der Waals surface area contributed by atoms with Crippen molar-refractivity contribution in [2.24, 2.45) is 7.05 Å². The number of carbonyl (C=O) groups is 2. The van der Waals surface area contributed by atoms with E-state index in [0.717, 1.165) is 22.9 Å². The third kappa shape index (κ3) is 3.89. The molecule has 0 aliphatic rings. The first-order chi connectivity index (χ1) is 12.9. The van der Waals surface area contributed by atoms with Crippen molar-refractivity contribution in [3.8, 4) is 0 Å². The molecule has 0 saturated carbocycles. The van der Waals surface area contributed by atoms with E-state index in [1.54, 1.807) is 24.3 Å². The third-order valence-corrected chi connectivity index (χ3v) is 3.94. The molecule has 3 rings (SSSR count). The summed E-state index contributed by atoms with van der Waals surface area (Å²) < 4.78 is 32.7. The van der Waals surface area contributed by atoms with Gasteiger partial charge in [0, 0.05) is 12.4 Å². The summed E-state index contributed by atoms with van der Waals surface area (Å²) in [7, 11) is 1.46. The molecule has 2 aromatic carbocycles. The average Bonchev–Trinajstić information content (AvgIpc) is 2.66. The van der Waals surface area contributed by atoms with E-state index in [1.165, 1.54) is 7.05 Å². The van der Waals surface area contributed by atoms with Crippen LogP contribution < -0.4 is 5.56 Å². The van der Waals surface area contributed by atoms with E-state index < -0.39 is 35.6 Å². The molecule has 0 radical (unpaired) electrons. The molecule has 0 aliphatic carbocycles. The van der Waals surface area contributed by atoms with Crippen molar-refractivity contribution in [3.63, 3.8) is 0 Å². The molecule has 0 atom stereocenters. The van der Waals surface area contributed by atoms with Crippen molar-refractivity contribution < 1.29 is 23.1 Å². The van der Waals surface area contributed by atoms with E-state index in [-0.39, 0.29) is 12.0 Å². The number of halogens is 2. The first kappa shape index (κ1) is 18.4. The summed E-state index contributed by atoms with van der Waals surface area (Å²) in [6.45, 7) is -0.733. The Bertz CT molecular complexity index is 1110. The highest BCUT2D eigenvalue weighted by atomic mass is 19.1. The second-order valence-electron chi connectivity index (χ2n) is 5.81. The second kappa shape index (κ2) is 7.45. The summed E-state index contributed by atoms with van der Waals surface area (Å²) >= 11 is 0. The van der Waals surface area contributed by atoms with Gasteiger partial charge in [-0.2, -0.15) is 5.10 Å². The lowest BCUT2D eigenvalue weighted by molar-refractivity contribution is -0.141. The van der Waals surface area contributed by atoms with Gasteiger partial charge in [0.25, 0.3) is 5.56 Å². The largest absolute Gasteiger partial charge is 0.457 e. The van der Waals surface area contributed by atoms with Crippen LogP contribution in [0.2, 0.25) is 0 Å². The number of aryl methyl sites for hydroxylation is 1. The molecule has 1 heterocycles. The van der Waals surface area contributed by atoms with Gasteiger partial charge in [-0.05, 0) is 24.3 Å². The number of carbonyl (C=O) groups excluding carboxylic acids is 2. The maximum Gasteiger partial charge on any atom is 0.312 e. The summed E-state index contributed by atoms with van der Waals surface area (Å²) in [4.78, 5) is 36.1. The summed E-state index contributed by atoms with van der Waals surface area (Å²) in [6.07, 6.45) is -0.284. The SMILES string of the molecule is Cn1nc(CC(=O)OCC(=O)c2cc(F)ccc2F)c2ccccc2c1=O. The molecular formula is C19H14F2N2O4. The molecule has 0 bridgehead atoms. The zero-order valence-electron chi connectivity index (χ0n) is 14.2. The fraction of sp³-hybridized carbons (Fsp3) is 0.158. The molecule has 0 spiro atoms. The quantitative estimate of drug-likeness (QED) is 0.507. The normalized spacial score (nSPS) is 10.8. The minimum atomic E-state index is -0.900. The number of hydrogen-bond donors (Lipinski definition) is 0. The van der Waals surface area contributed by atoms with Crippen LogP contribution in [0.15, 0.2) is 47.3 Å². The first-order valence-electron chi connectivity index (χ1n) is 7.95. The van der Waals surface area contributed by atoms with Crippen LogP contribution in [0.1, 0.15) is 16.1 Å². The number of ether oxygens (including phenoxy) is 1. The smallest absolute Gasteiger partial charge is 0.312 e. The van der Waals surface area contributed by atoms with E-state index in [4.69, 9.17) is 4.74 Å². The number of aromatic nitrogens is 2. The Labute approximate surface area is 152 Å². The highest BCUT2D eigenvalue weighted by Crippen LogP contribution is 2.14. The molecular weight excluding hydrogens is 358 g/mol. The monoisotopic (exact) mass is 372 g/mol. The number of fused-ring (bicyclic) bond motifs is 1. The zero-order chi connectivity index (χ0) is 19.6. The van der Waals surface area contributed by atoms with Gasteiger partial charge in [-0.15, -0.1) is 0 Å². The van der Waals surface area contributed by atoms with Crippen molar-refractivity contribution in [1.29, 1.82) is 0 Å². The Kier molecular flexibility index (Phi) is 5.07. The zero-order valence-corrected chi connectivity index (χ0v) is 14.2. The van der Waals surface area contributed by atoms with Crippen molar-refractivity contribution in [2.75, 3.05) is 6.61 Å². The van der Waals surface area contributed by atoms with E-state index in [9.17, 15) is 23.2 Å². The van der Waals surface area contributed by atoms with Gasteiger partial charge in [-0.25, -0.2) is 13.5 Å². The Morgan fingerprint density at radius 1 is 1.11 bits per heavy atom. The van der Waals surface area contributed by atoms with E-state index >= 15 is 0 Å². The van der Waals surface area contributed by atoms with Gasteiger partial charge in [0.1, 0.15) is 11.6 Å². The Morgan fingerprint density at radius 2 is 1.81 bits per heavy atom. The van der Waals surface area contributed by atoms with Crippen LogP contribution >= 0.6 is 0 Å². The fourth-order valence-corrected chi connectivity index (χ4v) is 2.63. The highest BCUT2D eigenvalue weighted by Gasteiger charge is 2.17. The van der Waals surface area contributed by atoms with Gasteiger partial charge in [0.15, 0.2) is 6.61 Å². The number of ketones is 1. The predicted molar refractivity (Wildman–Crippen MR) is 92.3 cm³/mol. The standard InChI is InChI=1S/C19H14F2N2O4/c1-23-19(26)13-5-3-2-4-12(13)16(22-23)9-18(25)27-10-17(24)14-8-11(20)6-7-15(14)21/h2-8H,9-10H2,1H3. The Balaban J connectivity index is 1.74. The van der Waals surface area contributed by atoms with Crippen LogP contribution in [0.4, 0.5) is 8.78 Å². The molecule has 0 fully saturated rings. The lowest BCUT2D eigenvalue weighted by atomic mass is 10.1. The van der Waals surface area contributed by atoms with Crippen LogP contribution in [-0.2, 0) is 23.0 Å². The van der Waals surface area contributed by atoms with E-state index in [0.29, 0.717) is 16.5 Å². The Morgan fingerprint density at radius 3 is 2.56 bits per heavy atom. The topological polar surface area (TPSA) is 78.3 Å². The highest BCUT2D eigenvalue weighted by molar-refractivity contribution is 5.98. The van der Waals surface area contributed by atoms with Crippen LogP contribution in [-0.4, -0.2) is 28.1 Å². The van der Waals surface area contributed by atoms with Crippen molar-refractivity contribution >= 4 is 22.5 Å². The molecule has 0 saturated heterocycles. The van der Waals surface area contributed by atoms with Gasteiger partial charge < -0.3 is 4.74 Å². The molecule has 138 valence electrons. The summed E-state index contributed by atoms with van der Waals surface area (Å²) in [5.41, 5.74) is -0.491. The molecule has 0 N–H and O–H groups in total. The lowest BCUT2D eigenvalue weighted by Gasteiger charge is -2.08. The molecule has 0 unspecified atom stereocenters. The molecule has 1 aromatic heterocycles. The van der Waals surface area contributed by atoms with Crippen molar-refractivity contribution in [3.05, 3.63) is 75.7 Å². The number of hydrogen-bond acceptors (Lipinski definition) is 5. The minimum Gasteiger partial charge on any atom is -0.457 e. The molecule has 8 heteroatoms. The average molecular weight is 372 g/mol. The fourth-order valence-electron chi connectivity index (χ4n) is 2.63. The van der Waals surface area contributed by atoms with E-state index in [2.05, 4.69) is 5.10 Å². The molecule has 3 aromatic rings. The van der Waals surface area contributed by atoms with Crippen molar-refractivity contribution in [2.45, 2.75) is 6.42 Å². The number of nitrogens with zero attached hydrogens (tertiary/aromatic N) is 2.